The molecule has 0 amide bonds. The number of pyridine rings is 1. The average Bonchev–Trinajstić information content (AvgIpc) is 3.16. The number of hydrogen-bond acceptors (Lipinski definition) is 7. The number of furan rings is 1. The molecular weight excluding hydrogens is 398 g/mol. The van der Waals surface area contributed by atoms with Crippen molar-refractivity contribution >= 4 is 22.9 Å². The van der Waals surface area contributed by atoms with Crippen molar-refractivity contribution in [2.24, 2.45) is 0 Å². The zero-order chi connectivity index (χ0) is 21.7. The van der Waals surface area contributed by atoms with Crippen LogP contribution < -0.4 is 0 Å². The molecule has 0 bridgehead atoms. The summed E-state index contributed by atoms with van der Waals surface area (Å²) in [5.74, 6) is -0.392. The Morgan fingerprint density at radius 3 is 2.71 bits per heavy atom. The molecule has 4 aromatic heterocycles. The fourth-order valence-corrected chi connectivity index (χ4v) is 4.05. The molecule has 4 heterocycles. The Hall–Kier alpha value is -3.68. The summed E-state index contributed by atoms with van der Waals surface area (Å²) >= 11 is 0. The lowest BCUT2D eigenvalue weighted by molar-refractivity contribution is 0.0476. The number of ketones is 1. The van der Waals surface area contributed by atoms with Crippen LogP contribution in [0.3, 0.4) is 0 Å². The van der Waals surface area contributed by atoms with E-state index in [1.165, 1.54) is 6.26 Å². The Kier molecular flexibility index (Phi) is 4.50. The lowest BCUT2D eigenvalue weighted by Crippen LogP contribution is -2.15. The fraction of sp³-hybridized carbons (Fsp3) is 0.304. The Balaban J connectivity index is 1.41. The van der Waals surface area contributed by atoms with Gasteiger partial charge in [0.25, 0.3) is 5.71 Å². The highest BCUT2D eigenvalue weighted by atomic mass is 16.5. The highest BCUT2D eigenvalue weighted by molar-refractivity contribution is 6.06. The summed E-state index contributed by atoms with van der Waals surface area (Å²) in [6.07, 6.45) is 3.78. The standard InChI is InChI=1S/C23H21N3O5/c1-12-9-16(14(3)26(12)15-6-7-15)19(27)11-30-23(28)17-10-18(20-5-4-8-29-20)24-22-21(17)13(2)25-31-22/h4-5,8-10,15H,6-7,11H2,1-3H3. The smallest absolute Gasteiger partial charge is 0.339 e. The first-order chi connectivity index (χ1) is 14.9. The number of aryl methyl sites for hydroxylation is 2. The lowest BCUT2D eigenvalue weighted by atomic mass is 10.1. The van der Waals surface area contributed by atoms with Gasteiger partial charge in [-0.3, -0.25) is 4.79 Å². The van der Waals surface area contributed by atoms with Crippen LogP contribution in [-0.2, 0) is 4.74 Å². The molecule has 158 valence electrons. The van der Waals surface area contributed by atoms with E-state index in [4.69, 9.17) is 13.7 Å². The molecule has 0 aliphatic heterocycles. The first-order valence-electron chi connectivity index (χ1n) is 10.1. The fourth-order valence-electron chi connectivity index (χ4n) is 4.05. The van der Waals surface area contributed by atoms with Crippen LogP contribution in [0, 0.1) is 20.8 Å². The van der Waals surface area contributed by atoms with Gasteiger partial charge in [0.05, 0.1) is 22.9 Å². The second-order valence-electron chi connectivity index (χ2n) is 7.87. The van der Waals surface area contributed by atoms with Crippen molar-refractivity contribution in [3.05, 3.63) is 58.7 Å². The third-order valence-corrected chi connectivity index (χ3v) is 5.64. The molecule has 0 N–H and O–H groups in total. The van der Waals surface area contributed by atoms with Crippen LogP contribution in [0.15, 0.2) is 39.5 Å². The van der Waals surface area contributed by atoms with Crippen molar-refractivity contribution in [3.63, 3.8) is 0 Å². The summed E-state index contributed by atoms with van der Waals surface area (Å²) in [7, 11) is 0. The molecule has 0 unspecified atom stereocenters. The van der Waals surface area contributed by atoms with E-state index >= 15 is 0 Å². The molecule has 0 atom stereocenters. The van der Waals surface area contributed by atoms with E-state index in [0.29, 0.717) is 34.1 Å². The predicted molar refractivity (Wildman–Crippen MR) is 111 cm³/mol. The summed E-state index contributed by atoms with van der Waals surface area (Å²) in [6.45, 7) is 5.29. The summed E-state index contributed by atoms with van der Waals surface area (Å²) in [6, 6.07) is 7.36. The normalized spacial score (nSPS) is 13.6. The molecular formula is C23H21N3O5. The van der Waals surface area contributed by atoms with Crippen LogP contribution in [0.5, 0.6) is 0 Å². The maximum absolute atomic E-state index is 12.9. The first kappa shape index (κ1) is 19.3. The lowest BCUT2D eigenvalue weighted by Gasteiger charge is -2.08. The maximum Gasteiger partial charge on any atom is 0.339 e. The van der Waals surface area contributed by atoms with Crippen LogP contribution in [0.1, 0.15) is 56.7 Å². The van der Waals surface area contributed by atoms with Crippen molar-refractivity contribution in [1.29, 1.82) is 0 Å². The molecule has 31 heavy (non-hydrogen) atoms. The molecule has 8 nitrogen and oxygen atoms in total. The molecule has 0 radical (unpaired) electrons. The van der Waals surface area contributed by atoms with Gasteiger partial charge in [0.1, 0.15) is 5.69 Å². The summed E-state index contributed by atoms with van der Waals surface area (Å²) in [5, 5.41) is 4.36. The minimum atomic E-state index is -0.643. The number of ether oxygens (including phenoxy) is 1. The van der Waals surface area contributed by atoms with Crippen molar-refractivity contribution in [2.45, 2.75) is 39.7 Å². The number of fused-ring (bicyclic) bond motifs is 1. The second-order valence-corrected chi connectivity index (χ2v) is 7.87. The Morgan fingerprint density at radius 1 is 1.19 bits per heavy atom. The number of aromatic nitrogens is 3. The van der Waals surface area contributed by atoms with Gasteiger partial charge >= 0.3 is 5.97 Å². The van der Waals surface area contributed by atoms with E-state index in [-0.39, 0.29) is 23.7 Å². The number of carbonyl (C=O) groups is 2. The van der Waals surface area contributed by atoms with Crippen LogP contribution in [-0.4, -0.2) is 33.1 Å². The minimum Gasteiger partial charge on any atom is -0.463 e. The topological polar surface area (TPSA) is 100 Å². The van der Waals surface area contributed by atoms with E-state index < -0.39 is 5.97 Å². The average molecular weight is 419 g/mol. The molecule has 1 aliphatic carbocycles. The number of carbonyl (C=O) groups excluding carboxylic acids is 2. The van der Waals surface area contributed by atoms with Gasteiger partial charge in [0.15, 0.2) is 12.4 Å². The van der Waals surface area contributed by atoms with Crippen molar-refractivity contribution in [3.8, 4) is 11.5 Å². The molecule has 1 saturated carbocycles. The van der Waals surface area contributed by atoms with Gasteiger partial charge in [-0.1, -0.05) is 5.16 Å². The van der Waals surface area contributed by atoms with E-state index in [0.717, 1.165) is 24.2 Å². The van der Waals surface area contributed by atoms with Crippen molar-refractivity contribution < 1.29 is 23.3 Å². The van der Waals surface area contributed by atoms with Crippen molar-refractivity contribution in [1.82, 2.24) is 14.7 Å². The number of rotatable bonds is 6. The van der Waals surface area contributed by atoms with Crippen molar-refractivity contribution in [2.75, 3.05) is 6.61 Å². The van der Waals surface area contributed by atoms with Crippen LogP contribution in [0.4, 0.5) is 0 Å². The molecule has 5 rings (SSSR count). The molecule has 0 saturated heterocycles. The SMILES string of the molecule is Cc1noc2nc(-c3ccco3)cc(C(=O)OCC(=O)c3cc(C)n(C4CC4)c3C)c12. The van der Waals surface area contributed by atoms with Gasteiger partial charge in [-0.2, -0.15) is 0 Å². The highest BCUT2D eigenvalue weighted by Gasteiger charge is 2.29. The van der Waals surface area contributed by atoms with Crippen LogP contribution in [0.25, 0.3) is 22.6 Å². The highest BCUT2D eigenvalue weighted by Crippen LogP contribution is 2.38. The van der Waals surface area contributed by atoms with Crippen LogP contribution >= 0.6 is 0 Å². The number of Topliss-reactive ketones (excluding diaryl/α,β-unsaturated/α-hetero) is 1. The van der Waals surface area contributed by atoms with Crippen LogP contribution in [0.2, 0.25) is 0 Å². The summed E-state index contributed by atoms with van der Waals surface area (Å²) in [4.78, 5) is 30.1. The Labute approximate surface area is 177 Å². The predicted octanol–water partition coefficient (Wildman–Crippen LogP) is 4.58. The van der Waals surface area contributed by atoms with Gasteiger partial charge < -0.3 is 18.2 Å². The molecule has 1 aliphatic rings. The molecule has 8 heteroatoms. The summed E-state index contributed by atoms with van der Waals surface area (Å²) < 4.78 is 18.2. The zero-order valence-corrected chi connectivity index (χ0v) is 17.5. The number of esters is 1. The third kappa shape index (κ3) is 3.34. The largest absolute Gasteiger partial charge is 0.463 e. The molecule has 0 aromatic carbocycles. The molecule has 0 spiro atoms. The zero-order valence-electron chi connectivity index (χ0n) is 17.5. The Morgan fingerprint density at radius 2 is 2.00 bits per heavy atom. The Bertz CT molecular complexity index is 1310. The van der Waals surface area contributed by atoms with E-state index in [1.807, 2.05) is 19.9 Å². The molecule has 1 fully saturated rings. The minimum absolute atomic E-state index is 0.206. The monoisotopic (exact) mass is 419 g/mol. The van der Waals surface area contributed by atoms with Gasteiger partial charge in [-0.25, -0.2) is 9.78 Å². The van der Waals surface area contributed by atoms with Gasteiger partial charge in [0, 0.05) is 23.0 Å². The van der Waals surface area contributed by atoms with Gasteiger partial charge in [0.2, 0.25) is 5.78 Å². The van der Waals surface area contributed by atoms with E-state index in [2.05, 4.69) is 14.7 Å². The number of nitrogens with zero attached hydrogens (tertiary/aromatic N) is 3. The maximum atomic E-state index is 12.9. The second kappa shape index (κ2) is 7.23. The first-order valence-corrected chi connectivity index (χ1v) is 10.1. The van der Waals surface area contributed by atoms with E-state index in [1.54, 1.807) is 25.1 Å². The third-order valence-electron chi connectivity index (χ3n) is 5.64. The van der Waals surface area contributed by atoms with Gasteiger partial charge in [-0.15, -0.1) is 0 Å². The number of hydrogen-bond donors (Lipinski definition) is 0. The van der Waals surface area contributed by atoms with E-state index in [9.17, 15) is 9.59 Å². The quantitative estimate of drug-likeness (QED) is 0.333. The summed E-state index contributed by atoms with van der Waals surface area (Å²) in [5.41, 5.74) is 3.93. The van der Waals surface area contributed by atoms with Gasteiger partial charge in [-0.05, 0) is 57.9 Å². The molecule has 4 aromatic rings.